The Kier molecular flexibility index (Phi) is 7.59. The van der Waals surface area contributed by atoms with Gasteiger partial charge in [-0.3, -0.25) is 14.7 Å². The van der Waals surface area contributed by atoms with Gasteiger partial charge in [0.25, 0.3) is 0 Å². The zero-order valence-electron chi connectivity index (χ0n) is 16.3. The summed E-state index contributed by atoms with van der Waals surface area (Å²) in [5.41, 5.74) is 0. The summed E-state index contributed by atoms with van der Waals surface area (Å²) in [6.07, 6.45) is 12.6. The standard InChI is InChI=1S/C20H36N4O2/c1-21-20(22-13-6-11-19(25)26-18-9-4-5-10-18)23-16-12-14-24(15-16)17-7-2-3-8-17/h16-18H,2-15H2,1H3,(H2,21,22,23). The Morgan fingerprint density at radius 2 is 1.85 bits per heavy atom. The van der Waals surface area contributed by atoms with Crippen molar-refractivity contribution < 1.29 is 9.53 Å². The monoisotopic (exact) mass is 364 g/mol. The van der Waals surface area contributed by atoms with Crippen LogP contribution < -0.4 is 10.6 Å². The molecule has 0 bridgehead atoms. The first-order valence-electron chi connectivity index (χ1n) is 10.7. The first kappa shape index (κ1) is 19.5. The Bertz CT molecular complexity index is 470. The summed E-state index contributed by atoms with van der Waals surface area (Å²) < 4.78 is 5.49. The summed E-state index contributed by atoms with van der Waals surface area (Å²) in [4.78, 5) is 18.8. The number of aliphatic imine (C=N–C) groups is 1. The normalized spacial score (nSPS) is 25.7. The first-order chi connectivity index (χ1) is 12.7. The molecule has 6 nitrogen and oxygen atoms in total. The molecule has 1 unspecified atom stereocenters. The Morgan fingerprint density at radius 3 is 2.58 bits per heavy atom. The van der Waals surface area contributed by atoms with E-state index in [9.17, 15) is 4.79 Å². The maximum atomic E-state index is 11.9. The van der Waals surface area contributed by atoms with Gasteiger partial charge in [-0.15, -0.1) is 0 Å². The number of hydrogen-bond donors (Lipinski definition) is 2. The van der Waals surface area contributed by atoms with E-state index in [0.717, 1.165) is 44.4 Å². The molecule has 3 fully saturated rings. The number of carbonyl (C=O) groups is 1. The highest BCUT2D eigenvalue weighted by atomic mass is 16.5. The Hall–Kier alpha value is -1.30. The summed E-state index contributed by atoms with van der Waals surface area (Å²) in [6, 6.07) is 1.29. The van der Waals surface area contributed by atoms with E-state index in [-0.39, 0.29) is 12.1 Å². The average Bonchev–Trinajstić information content (AvgIpc) is 3.39. The van der Waals surface area contributed by atoms with E-state index in [0.29, 0.717) is 12.5 Å². The third kappa shape index (κ3) is 5.86. The largest absolute Gasteiger partial charge is 0.462 e. The first-order valence-corrected chi connectivity index (χ1v) is 10.7. The van der Waals surface area contributed by atoms with Gasteiger partial charge in [0.1, 0.15) is 6.10 Å². The van der Waals surface area contributed by atoms with E-state index in [1.54, 1.807) is 0 Å². The second-order valence-corrected chi connectivity index (χ2v) is 8.06. The van der Waals surface area contributed by atoms with Crippen LogP contribution in [0.15, 0.2) is 4.99 Å². The number of nitrogens with one attached hydrogen (secondary N) is 2. The van der Waals surface area contributed by atoms with Crippen molar-refractivity contribution in [1.29, 1.82) is 0 Å². The van der Waals surface area contributed by atoms with Crippen LogP contribution >= 0.6 is 0 Å². The predicted molar refractivity (Wildman–Crippen MR) is 104 cm³/mol. The number of ether oxygens (including phenoxy) is 1. The van der Waals surface area contributed by atoms with Crippen LogP contribution in [-0.4, -0.2) is 61.7 Å². The highest BCUT2D eigenvalue weighted by Gasteiger charge is 2.30. The van der Waals surface area contributed by atoms with Crippen molar-refractivity contribution >= 4 is 11.9 Å². The van der Waals surface area contributed by atoms with E-state index >= 15 is 0 Å². The van der Waals surface area contributed by atoms with Crippen molar-refractivity contribution in [3.63, 3.8) is 0 Å². The van der Waals surface area contributed by atoms with Gasteiger partial charge in [-0.25, -0.2) is 0 Å². The fourth-order valence-electron chi connectivity index (χ4n) is 4.58. The molecule has 1 atom stereocenters. The lowest BCUT2D eigenvalue weighted by molar-refractivity contribution is -0.148. The molecule has 1 aliphatic heterocycles. The molecule has 0 spiro atoms. The van der Waals surface area contributed by atoms with Gasteiger partial charge >= 0.3 is 5.97 Å². The number of hydrogen-bond acceptors (Lipinski definition) is 4. The van der Waals surface area contributed by atoms with Crippen molar-refractivity contribution in [1.82, 2.24) is 15.5 Å². The van der Waals surface area contributed by atoms with Crippen LogP contribution in [-0.2, 0) is 9.53 Å². The highest BCUT2D eigenvalue weighted by molar-refractivity contribution is 5.80. The lowest BCUT2D eigenvalue weighted by Gasteiger charge is -2.24. The van der Waals surface area contributed by atoms with Crippen LogP contribution in [0.5, 0.6) is 0 Å². The quantitative estimate of drug-likeness (QED) is 0.314. The van der Waals surface area contributed by atoms with Gasteiger partial charge in [0.2, 0.25) is 0 Å². The molecule has 3 rings (SSSR count). The fraction of sp³-hybridized carbons (Fsp3) is 0.900. The van der Waals surface area contributed by atoms with E-state index in [1.165, 1.54) is 51.5 Å². The molecule has 2 saturated carbocycles. The van der Waals surface area contributed by atoms with Gasteiger partial charge < -0.3 is 15.4 Å². The summed E-state index contributed by atoms with van der Waals surface area (Å²) >= 11 is 0. The van der Waals surface area contributed by atoms with Crippen LogP contribution in [0.25, 0.3) is 0 Å². The van der Waals surface area contributed by atoms with Crippen molar-refractivity contribution in [3.8, 4) is 0 Å². The molecule has 6 heteroatoms. The topological polar surface area (TPSA) is 66.0 Å². The molecule has 3 aliphatic rings. The Labute approximate surface area is 158 Å². The van der Waals surface area contributed by atoms with Gasteiger partial charge in [0.15, 0.2) is 5.96 Å². The third-order valence-electron chi connectivity index (χ3n) is 6.08. The molecule has 1 heterocycles. The maximum Gasteiger partial charge on any atom is 0.306 e. The van der Waals surface area contributed by atoms with E-state index in [2.05, 4.69) is 20.5 Å². The minimum Gasteiger partial charge on any atom is -0.462 e. The number of rotatable bonds is 7. The number of guanidine groups is 1. The van der Waals surface area contributed by atoms with Crippen LogP contribution in [0.2, 0.25) is 0 Å². The molecule has 1 saturated heterocycles. The summed E-state index contributed by atoms with van der Waals surface area (Å²) in [5, 5.41) is 6.89. The molecule has 0 aromatic carbocycles. The summed E-state index contributed by atoms with van der Waals surface area (Å²) in [6.45, 7) is 3.07. The Balaban J connectivity index is 1.28. The molecule has 0 aromatic rings. The average molecular weight is 365 g/mol. The molecule has 2 N–H and O–H groups in total. The lowest BCUT2D eigenvalue weighted by atomic mass is 10.2. The lowest BCUT2D eigenvalue weighted by Crippen LogP contribution is -2.45. The SMILES string of the molecule is CN=C(NCCCC(=O)OC1CCCC1)NC1CCN(C2CCCC2)C1. The van der Waals surface area contributed by atoms with Crippen LogP contribution in [0.3, 0.4) is 0 Å². The van der Waals surface area contributed by atoms with E-state index < -0.39 is 0 Å². The number of likely N-dealkylation sites (tertiary alicyclic amines) is 1. The minimum absolute atomic E-state index is 0.0513. The van der Waals surface area contributed by atoms with Crippen molar-refractivity contribution in [2.24, 2.45) is 4.99 Å². The summed E-state index contributed by atoms with van der Waals surface area (Å²) in [7, 11) is 1.81. The van der Waals surface area contributed by atoms with E-state index in [4.69, 9.17) is 4.74 Å². The number of carbonyl (C=O) groups excluding carboxylic acids is 1. The smallest absolute Gasteiger partial charge is 0.306 e. The molecular formula is C20H36N4O2. The van der Waals surface area contributed by atoms with Crippen LogP contribution in [0, 0.1) is 0 Å². The highest BCUT2D eigenvalue weighted by Crippen LogP contribution is 2.26. The third-order valence-corrected chi connectivity index (χ3v) is 6.08. The number of nitrogens with zero attached hydrogens (tertiary/aromatic N) is 2. The van der Waals surface area contributed by atoms with Crippen LogP contribution in [0.1, 0.15) is 70.6 Å². The van der Waals surface area contributed by atoms with Gasteiger partial charge in [-0.05, 0) is 51.4 Å². The maximum absolute atomic E-state index is 11.9. The second kappa shape index (κ2) is 10.1. The zero-order valence-corrected chi connectivity index (χ0v) is 16.3. The molecule has 0 amide bonds. The van der Waals surface area contributed by atoms with Crippen LogP contribution in [0.4, 0.5) is 0 Å². The molecule has 0 radical (unpaired) electrons. The van der Waals surface area contributed by atoms with E-state index in [1.807, 2.05) is 7.05 Å². The van der Waals surface area contributed by atoms with Crippen molar-refractivity contribution in [2.45, 2.75) is 88.8 Å². The van der Waals surface area contributed by atoms with Crippen molar-refractivity contribution in [2.75, 3.05) is 26.7 Å². The van der Waals surface area contributed by atoms with Gasteiger partial charge in [-0.1, -0.05) is 12.8 Å². The number of esters is 1. The second-order valence-electron chi connectivity index (χ2n) is 8.06. The van der Waals surface area contributed by atoms with Crippen molar-refractivity contribution in [3.05, 3.63) is 0 Å². The Morgan fingerprint density at radius 1 is 1.12 bits per heavy atom. The van der Waals surface area contributed by atoms with Gasteiger partial charge in [0.05, 0.1) is 0 Å². The zero-order chi connectivity index (χ0) is 18.2. The minimum atomic E-state index is -0.0513. The van der Waals surface area contributed by atoms with Gasteiger partial charge in [0, 0.05) is 45.2 Å². The predicted octanol–water partition coefficient (Wildman–Crippen LogP) is 2.43. The molecule has 2 aliphatic carbocycles. The fourth-order valence-corrected chi connectivity index (χ4v) is 4.58. The molecule has 0 aromatic heterocycles. The molecular weight excluding hydrogens is 328 g/mol. The molecule has 148 valence electrons. The van der Waals surface area contributed by atoms with Gasteiger partial charge in [-0.2, -0.15) is 0 Å². The summed E-state index contributed by atoms with van der Waals surface area (Å²) in [5.74, 6) is 0.803. The molecule has 26 heavy (non-hydrogen) atoms.